The largest absolute Gasteiger partial charge is 0.250 e. The minimum absolute atomic E-state index is 0.472. The molecule has 0 N–H and O–H groups in total. The molecule has 0 bridgehead atoms. The van der Waals surface area contributed by atoms with Gasteiger partial charge in [-0.3, -0.25) is 4.68 Å². The average Bonchev–Trinajstić information content (AvgIpc) is 2.58. The predicted molar refractivity (Wildman–Crippen MR) is 62.0 cm³/mol. The molecule has 0 saturated heterocycles. The van der Waals surface area contributed by atoms with E-state index in [2.05, 4.69) is 31.9 Å². The van der Waals surface area contributed by atoms with Crippen molar-refractivity contribution in [3.63, 3.8) is 0 Å². The predicted octanol–water partition coefficient (Wildman–Crippen LogP) is 2.65. The Morgan fingerprint density at radius 2 is 2.13 bits per heavy atom. The smallest absolute Gasteiger partial charge is 0.157 e. The van der Waals surface area contributed by atoms with Gasteiger partial charge in [-0.05, 0) is 24.0 Å². The summed E-state index contributed by atoms with van der Waals surface area (Å²) < 4.78 is 1.83. The van der Waals surface area contributed by atoms with Gasteiger partial charge in [0.2, 0.25) is 0 Å². The monoisotopic (exact) mass is 203 g/mol. The lowest BCUT2D eigenvalue weighted by atomic mass is 10.0. The molecule has 0 fully saturated rings. The van der Waals surface area contributed by atoms with Crippen molar-refractivity contribution in [2.24, 2.45) is 7.05 Å². The number of fused-ring (bicyclic) bond motifs is 1. The molecule has 15 heavy (non-hydrogen) atoms. The Balaban J connectivity index is 2.71. The Morgan fingerprint density at radius 1 is 1.40 bits per heavy atom. The molecule has 2 rings (SSSR count). The number of hydrogen-bond donors (Lipinski definition) is 0. The van der Waals surface area contributed by atoms with Crippen molar-refractivity contribution in [3.05, 3.63) is 23.5 Å². The first-order valence-electron chi connectivity index (χ1n) is 5.45. The zero-order valence-electron chi connectivity index (χ0n) is 9.78. The molecule has 3 nitrogen and oxygen atoms in total. The van der Waals surface area contributed by atoms with Crippen LogP contribution in [0.3, 0.4) is 0 Å². The van der Waals surface area contributed by atoms with Gasteiger partial charge in [0, 0.05) is 18.1 Å². The number of aromatic nitrogens is 3. The van der Waals surface area contributed by atoms with Crippen molar-refractivity contribution in [3.8, 4) is 0 Å². The highest BCUT2D eigenvalue weighted by Gasteiger charge is 2.11. The molecular weight excluding hydrogens is 186 g/mol. The summed E-state index contributed by atoms with van der Waals surface area (Å²) >= 11 is 0. The van der Waals surface area contributed by atoms with Gasteiger partial charge in [-0.2, -0.15) is 5.10 Å². The topological polar surface area (TPSA) is 30.7 Å². The van der Waals surface area contributed by atoms with Gasteiger partial charge in [-0.1, -0.05) is 20.8 Å². The van der Waals surface area contributed by atoms with Crippen molar-refractivity contribution >= 4 is 11.0 Å². The van der Waals surface area contributed by atoms with Gasteiger partial charge in [-0.25, -0.2) is 4.98 Å². The van der Waals surface area contributed by atoms with Crippen LogP contribution in [0.15, 0.2) is 12.3 Å². The van der Waals surface area contributed by atoms with Crippen LogP contribution in [0.1, 0.15) is 37.9 Å². The molecule has 0 aliphatic rings. The number of pyridine rings is 1. The first-order valence-corrected chi connectivity index (χ1v) is 5.45. The lowest BCUT2D eigenvalue weighted by Crippen LogP contribution is -2.01. The molecule has 0 atom stereocenters. The molecule has 2 heterocycles. The highest BCUT2D eigenvalue weighted by Crippen LogP contribution is 2.22. The Hall–Kier alpha value is -1.38. The van der Waals surface area contributed by atoms with Crippen LogP contribution in [0.25, 0.3) is 11.0 Å². The second-order valence-electron chi connectivity index (χ2n) is 4.22. The number of nitrogens with zero attached hydrogens (tertiary/aromatic N) is 3. The fraction of sp³-hybridized carbons (Fsp3) is 0.500. The minimum Gasteiger partial charge on any atom is -0.250 e. The van der Waals surface area contributed by atoms with Gasteiger partial charge in [0.25, 0.3) is 0 Å². The van der Waals surface area contributed by atoms with Crippen LogP contribution in [0, 0.1) is 0 Å². The van der Waals surface area contributed by atoms with E-state index >= 15 is 0 Å². The summed E-state index contributed by atoms with van der Waals surface area (Å²) in [5, 5.41) is 5.36. The van der Waals surface area contributed by atoms with Crippen LogP contribution in [-0.4, -0.2) is 14.8 Å². The van der Waals surface area contributed by atoms with Crippen molar-refractivity contribution in [2.45, 2.75) is 33.1 Å². The third kappa shape index (κ3) is 1.62. The molecule has 2 aromatic heterocycles. The lowest BCUT2D eigenvalue weighted by molar-refractivity contribution is 0.764. The molecule has 0 radical (unpaired) electrons. The van der Waals surface area contributed by atoms with Gasteiger partial charge < -0.3 is 0 Å². The SMILES string of the molecule is CCc1cc2cnn(C)c2nc1C(C)C. The highest BCUT2D eigenvalue weighted by molar-refractivity contribution is 5.75. The molecule has 80 valence electrons. The van der Waals surface area contributed by atoms with Gasteiger partial charge in [0.05, 0.1) is 6.20 Å². The lowest BCUT2D eigenvalue weighted by Gasteiger charge is -2.10. The highest BCUT2D eigenvalue weighted by atomic mass is 15.3. The van der Waals surface area contributed by atoms with Gasteiger partial charge in [-0.15, -0.1) is 0 Å². The van der Waals surface area contributed by atoms with Crippen molar-refractivity contribution < 1.29 is 0 Å². The van der Waals surface area contributed by atoms with Gasteiger partial charge in [0.1, 0.15) is 0 Å². The Kier molecular flexibility index (Phi) is 2.47. The maximum absolute atomic E-state index is 4.71. The standard InChI is InChI=1S/C12H17N3/c1-5-9-6-10-7-13-15(4)12(10)14-11(9)8(2)3/h6-8H,5H2,1-4H3. The Bertz CT molecular complexity index is 483. The van der Waals surface area contributed by atoms with Crippen LogP contribution >= 0.6 is 0 Å². The Labute approximate surface area is 90.1 Å². The molecule has 0 amide bonds. The van der Waals surface area contributed by atoms with E-state index in [1.165, 1.54) is 11.3 Å². The van der Waals surface area contributed by atoms with Crippen molar-refractivity contribution in [1.82, 2.24) is 14.8 Å². The van der Waals surface area contributed by atoms with Crippen molar-refractivity contribution in [1.29, 1.82) is 0 Å². The average molecular weight is 203 g/mol. The summed E-state index contributed by atoms with van der Waals surface area (Å²) in [5.41, 5.74) is 3.52. The molecule has 0 unspecified atom stereocenters. The molecule has 3 heteroatoms. The fourth-order valence-electron chi connectivity index (χ4n) is 1.92. The van der Waals surface area contributed by atoms with E-state index in [4.69, 9.17) is 4.98 Å². The summed E-state index contributed by atoms with van der Waals surface area (Å²) in [5.74, 6) is 0.472. The second-order valence-corrected chi connectivity index (χ2v) is 4.22. The van der Waals surface area contributed by atoms with Crippen LogP contribution in [-0.2, 0) is 13.5 Å². The maximum Gasteiger partial charge on any atom is 0.157 e. The summed E-state index contributed by atoms with van der Waals surface area (Å²) in [7, 11) is 1.94. The van der Waals surface area contributed by atoms with E-state index < -0.39 is 0 Å². The summed E-state index contributed by atoms with van der Waals surface area (Å²) in [6, 6.07) is 2.21. The summed E-state index contributed by atoms with van der Waals surface area (Å²) in [6.45, 7) is 6.54. The first kappa shape index (κ1) is 10.1. The number of aryl methyl sites for hydroxylation is 2. The Morgan fingerprint density at radius 3 is 2.73 bits per heavy atom. The molecule has 0 spiro atoms. The molecule has 0 aliphatic heterocycles. The molecular formula is C12H17N3. The zero-order valence-corrected chi connectivity index (χ0v) is 9.78. The molecule has 2 aromatic rings. The fourth-order valence-corrected chi connectivity index (χ4v) is 1.92. The first-order chi connectivity index (χ1) is 7.13. The van der Waals surface area contributed by atoms with Crippen LogP contribution < -0.4 is 0 Å². The van der Waals surface area contributed by atoms with E-state index in [0.717, 1.165) is 17.5 Å². The molecule has 0 saturated carbocycles. The zero-order chi connectivity index (χ0) is 11.0. The van der Waals surface area contributed by atoms with Gasteiger partial charge in [0.15, 0.2) is 5.65 Å². The van der Waals surface area contributed by atoms with E-state index in [1.54, 1.807) is 0 Å². The van der Waals surface area contributed by atoms with Crippen LogP contribution in [0.5, 0.6) is 0 Å². The third-order valence-corrected chi connectivity index (χ3v) is 2.75. The molecule has 0 aliphatic carbocycles. The minimum atomic E-state index is 0.472. The van der Waals surface area contributed by atoms with Crippen molar-refractivity contribution in [2.75, 3.05) is 0 Å². The van der Waals surface area contributed by atoms with Crippen LogP contribution in [0.4, 0.5) is 0 Å². The summed E-state index contributed by atoms with van der Waals surface area (Å²) in [6.07, 6.45) is 2.91. The maximum atomic E-state index is 4.71. The van der Waals surface area contributed by atoms with E-state index in [0.29, 0.717) is 5.92 Å². The number of hydrogen-bond acceptors (Lipinski definition) is 2. The van der Waals surface area contributed by atoms with E-state index in [9.17, 15) is 0 Å². The van der Waals surface area contributed by atoms with Gasteiger partial charge >= 0.3 is 0 Å². The van der Waals surface area contributed by atoms with E-state index in [1.807, 2.05) is 17.9 Å². The second kappa shape index (κ2) is 3.65. The quantitative estimate of drug-likeness (QED) is 0.751. The molecule has 0 aromatic carbocycles. The van der Waals surface area contributed by atoms with Crippen LogP contribution in [0.2, 0.25) is 0 Å². The normalized spacial score (nSPS) is 11.5. The third-order valence-electron chi connectivity index (χ3n) is 2.75. The van der Waals surface area contributed by atoms with E-state index in [-0.39, 0.29) is 0 Å². The summed E-state index contributed by atoms with van der Waals surface area (Å²) in [4.78, 5) is 4.71. The number of rotatable bonds is 2.